The second-order valence-corrected chi connectivity index (χ2v) is 5.63. The van der Waals surface area contributed by atoms with Crippen molar-refractivity contribution in [2.75, 3.05) is 0 Å². The molecule has 0 aromatic heterocycles. The highest BCUT2D eigenvalue weighted by Crippen LogP contribution is 2.28. The largest absolute Gasteiger partial charge is 0.389 e. The SMILES string of the molecule is CCC1CCCCC1NC(C)CCCC(F)(F)F. The van der Waals surface area contributed by atoms with E-state index in [0.717, 1.165) is 0 Å². The fraction of sp³-hybridized carbons (Fsp3) is 1.00. The monoisotopic (exact) mass is 265 g/mol. The van der Waals surface area contributed by atoms with Gasteiger partial charge < -0.3 is 5.32 Å². The lowest BCUT2D eigenvalue weighted by Crippen LogP contribution is -2.43. The molecule has 0 aliphatic heterocycles. The number of alkyl halides is 3. The second-order valence-electron chi connectivity index (χ2n) is 5.63. The molecule has 0 bridgehead atoms. The van der Waals surface area contributed by atoms with Gasteiger partial charge in [-0.25, -0.2) is 0 Å². The Hall–Kier alpha value is -0.250. The molecule has 108 valence electrons. The zero-order valence-corrected chi connectivity index (χ0v) is 11.5. The van der Waals surface area contributed by atoms with Gasteiger partial charge in [0.25, 0.3) is 0 Å². The van der Waals surface area contributed by atoms with Crippen molar-refractivity contribution in [3.63, 3.8) is 0 Å². The average Bonchev–Trinajstić information content (AvgIpc) is 2.28. The maximum absolute atomic E-state index is 12.1. The summed E-state index contributed by atoms with van der Waals surface area (Å²) >= 11 is 0. The van der Waals surface area contributed by atoms with Gasteiger partial charge in [-0.15, -0.1) is 0 Å². The Balaban J connectivity index is 2.23. The quantitative estimate of drug-likeness (QED) is 0.736. The third-order valence-electron chi connectivity index (χ3n) is 4.03. The average molecular weight is 265 g/mol. The molecule has 1 aliphatic rings. The van der Waals surface area contributed by atoms with Crippen LogP contribution in [0, 0.1) is 5.92 Å². The van der Waals surface area contributed by atoms with Crippen LogP contribution in [0.25, 0.3) is 0 Å². The summed E-state index contributed by atoms with van der Waals surface area (Å²) in [6.45, 7) is 4.22. The first kappa shape index (κ1) is 15.8. The first-order chi connectivity index (χ1) is 8.42. The molecule has 1 rings (SSSR count). The predicted molar refractivity (Wildman–Crippen MR) is 68.5 cm³/mol. The molecule has 3 unspecified atom stereocenters. The van der Waals surface area contributed by atoms with Crippen LogP contribution in [0.3, 0.4) is 0 Å². The van der Waals surface area contributed by atoms with Gasteiger partial charge in [0.2, 0.25) is 0 Å². The fourth-order valence-electron chi connectivity index (χ4n) is 2.97. The van der Waals surface area contributed by atoms with Gasteiger partial charge in [0.1, 0.15) is 0 Å². The Morgan fingerprint density at radius 3 is 2.50 bits per heavy atom. The Morgan fingerprint density at radius 2 is 1.89 bits per heavy atom. The van der Waals surface area contributed by atoms with E-state index in [4.69, 9.17) is 0 Å². The van der Waals surface area contributed by atoms with Crippen molar-refractivity contribution in [2.45, 2.75) is 83.5 Å². The maximum Gasteiger partial charge on any atom is 0.389 e. The first-order valence-electron chi connectivity index (χ1n) is 7.25. The number of hydrogen-bond donors (Lipinski definition) is 1. The number of nitrogens with one attached hydrogen (secondary N) is 1. The highest BCUT2D eigenvalue weighted by atomic mass is 19.4. The summed E-state index contributed by atoms with van der Waals surface area (Å²) in [5.74, 6) is 0.712. The predicted octanol–water partition coefficient (Wildman–Crippen LogP) is 4.67. The summed E-state index contributed by atoms with van der Waals surface area (Å²) < 4.78 is 36.2. The molecule has 1 fully saturated rings. The van der Waals surface area contributed by atoms with Gasteiger partial charge >= 0.3 is 6.18 Å². The zero-order valence-electron chi connectivity index (χ0n) is 11.5. The molecule has 0 saturated heterocycles. The first-order valence-corrected chi connectivity index (χ1v) is 7.25. The smallest absolute Gasteiger partial charge is 0.311 e. The molecule has 0 spiro atoms. The summed E-state index contributed by atoms with van der Waals surface area (Å²) in [6.07, 6.45) is 2.38. The molecule has 1 aliphatic carbocycles. The van der Waals surface area contributed by atoms with Gasteiger partial charge in [-0.05, 0) is 38.5 Å². The minimum Gasteiger partial charge on any atom is -0.311 e. The minimum atomic E-state index is -4.00. The normalized spacial score (nSPS) is 27.2. The van der Waals surface area contributed by atoms with Crippen molar-refractivity contribution in [3.05, 3.63) is 0 Å². The van der Waals surface area contributed by atoms with E-state index in [1.54, 1.807) is 0 Å². The highest BCUT2D eigenvalue weighted by Gasteiger charge is 2.27. The second kappa shape index (κ2) is 7.37. The summed E-state index contributed by atoms with van der Waals surface area (Å²) in [7, 11) is 0. The van der Waals surface area contributed by atoms with Crippen molar-refractivity contribution in [1.29, 1.82) is 0 Å². The van der Waals surface area contributed by atoms with Gasteiger partial charge in [-0.2, -0.15) is 13.2 Å². The summed E-state index contributed by atoms with van der Waals surface area (Å²) in [4.78, 5) is 0. The molecule has 1 N–H and O–H groups in total. The van der Waals surface area contributed by atoms with Gasteiger partial charge in [-0.3, -0.25) is 0 Å². The lowest BCUT2D eigenvalue weighted by molar-refractivity contribution is -0.135. The van der Waals surface area contributed by atoms with Crippen LogP contribution >= 0.6 is 0 Å². The third-order valence-corrected chi connectivity index (χ3v) is 4.03. The van der Waals surface area contributed by atoms with E-state index in [1.807, 2.05) is 6.92 Å². The summed E-state index contributed by atoms with van der Waals surface area (Å²) in [5, 5.41) is 3.54. The van der Waals surface area contributed by atoms with E-state index in [1.165, 1.54) is 32.1 Å². The van der Waals surface area contributed by atoms with Crippen molar-refractivity contribution in [1.82, 2.24) is 5.32 Å². The van der Waals surface area contributed by atoms with Crippen molar-refractivity contribution in [3.8, 4) is 0 Å². The Kier molecular flexibility index (Phi) is 6.47. The molecule has 0 amide bonds. The van der Waals surface area contributed by atoms with Gasteiger partial charge in [-0.1, -0.05) is 26.2 Å². The van der Waals surface area contributed by atoms with Crippen molar-refractivity contribution in [2.24, 2.45) is 5.92 Å². The van der Waals surface area contributed by atoms with E-state index < -0.39 is 12.6 Å². The molecule has 0 aromatic rings. The highest BCUT2D eigenvalue weighted by molar-refractivity contribution is 4.82. The third kappa shape index (κ3) is 6.07. The van der Waals surface area contributed by atoms with Gasteiger partial charge in [0, 0.05) is 18.5 Å². The van der Waals surface area contributed by atoms with Crippen LogP contribution in [0.15, 0.2) is 0 Å². The maximum atomic E-state index is 12.1. The van der Waals surface area contributed by atoms with E-state index in [2.05, 4.69) is 12.2 Å². The van der Waals surface area contributed by atoms with Crippen LogP contribution < -0.4 is 5.32 Å². The Labute approximate surface area is 109 Å². The van der Waals surface area contributed by atoms with E-state index in [0.29, 0.717) is 18.4 Å². The molecule has 0 heterocycles. The van der Waals surface area contributed by atoms with Crippen LogP contribution in [0.5, 0.6) is 0 Å². The topological polar surface area (TPSA) is 12.0 Å². The summed E-state index contributed by atoms with van der Waals surface area (Å²) in [5.41, 5.74) is 0. The van der Waals surface area contributed by atoms with Crippen LogP contribution in [-0.2, 0) is 0 Å². The van der Waals surface area contributed by atoms with Crippen LogP contribution in [0.1, 0.15) is 65.2 Å². The number of rotatable bonds is 6. The van der Waals surface area contributed by atoms with Crippen LogP contribution in [-0.4, -0.2) is 18.3 Å². The fourth-order valence-corrected chi connectivity index (χ4v) is 2.97. The molecule has 0 radical (unpaired) electrons. The van der Waals surface area contributed by atoms with E-state index in [9.17, 15) is 13.2 Å². The molecule has 1 nitrogen and oxygen atoms in total. The van der Waals surface area contributed by atoms with Crippen molar-refractivity contribution < 1.29 is 13.2 Å². The lowest BCUT2D eigenvalue weighted by atomic mass is 9.82. The Bertz CT molecular complexity index is 228. The molecule has 0 aromatic carbocycles. The van der Waals surface area contributed by atoms with E-state index in [-0.39, 0.29) is 12.5 Å². The molecule has 3 atom stereocenters. The molecular formula is C14H26F3N. The van der Waals surface area contributed by atoms with Gasteiger partial charge in [0.05, 0.1) is 0 Å². The molecule has 1 saturated carbocycles. The number of hydrogen-bond acceptors (Lipinski definition) is 1. The molecule has 18 heavy (non-hydrogen) atoms. The number of halogens is 3. The minimum absolute atomic E-state index is 0.199. The van der Waals surface area contributed by atoms with Crippen LogP contribution in [0.2, 0.25) is 0 Å². The Morgan fingerprint density at radius 1 is 1.22 bits per heavy atom. The molecular weight excluding hydrogens is 239 g/mol. The zero-order chi connectivity index (χ0) is 13.6. The standard InChI is InChI=1S/C14H26F3N/c1-3-12-8-4-5-9-13(12)18-11(2)7-6-10-14(15,16)17/h11-13,18H,3-10H2,1-2H3. The van der Waals surface area contributed by atoms with Crippen molar-refractivity contribution >= 4 is 0 Å². The lowest BCUT2D eigenvalue weighted by Gasteiger charge is -2.34. The van der Waals surface area contributed by atoms with E-state index >= 15 is 0 Å². The molecule has 4 heteroatoms. The van der Waals surface area contributed by atoms with Gasteiger partial charge in [0.15, 0.2) is 0 Å². The summed E-state index contributed by atoms with van der Waals surface area (Å²) in [6, 6.07) is 0.717. The van der Waals surface area contributed by atoms with Crippen LogP contribution in [0.4, 0.5) is 13.2 Å².